The highest BCUT2D eigenvalue weighted by Crippen LogP contribution is 2.25. The van der Waals surface area contributed by atoms with E-state index in [9.17, 15) is 14.0 Å². The molecule has 4 rings (SSSR count). The molecule has 0 saturated carbocycles. The lowest BCUT2D eigenvalue weighted by atomic mass is 10.1. The van der Waals surface area contributed by atoms with Gasteiger partial charge in [0.05, 0.1) is 18.8 Å². The summed E-state index contributed by atoms with van der Waals surface area (Å²) in [5.74, 6) is -1.27. The van der Waals surface area contributed by atoms with E-state index in [0.717, 1.165) is 37.4 Å². The monoisotopic (exact) mass is 477 g/mol. The van der Waals surface area contributed by atoms with Gasteiger partial charge in [0, 0.05) is 50.8 Å². The van der Waals surface area contributed by atoms with E-state index in [1.807, 2.05) is 12.1 Å². The maximum atomic E-state index is 13.3. The van der Waals surface area contributed by atoms with Crippen molar-refractivity contribution in [1.82, 2.24) is 15.2 Å². The first kappa shape index (κ1) is 24.2. The highest BCUT2D eigenvalue weighted by Gasteiger charge is 2.27. The quantitative estimate of drug-likeness (QED) is 0.509. The number of halogens is 1. The van der Waals surface area contributed by atoms with Crippen LogP contribution >= 0.6 is 0 Å². The minimum atomic E-state index is -0.763. The highest BCUT2D eigenvalue weighted by molar-refractivity contribution is 6.39. The standard InChI is InChI=1S/C26H28FN5O3/c1-35-24-7-3-2-6-22(24)30-26(34)25(33)29-18-23(19-5-4-12-28-17-19)32-15-13-31(14-16-32)21-10-8-20(27)9-11-21/h2-12,17,23H,13-16,18H2,1H3,(H,29,33)(H,30,34). The van der Waals surface area contributed by atoms with Gasteiger partial charge < -0.3 is 20.3 Å². The second-order valence-electron chi connectivity index (χ2n) is 8.17. The van der Waals surface area contributed by atoms with Crippen LogP contribution < -0.4 is 20.3 Å². The Balaban J connectivity index is 1.39. The Morgan fingerprint density at radius 3 is 2.43 bits per heavy atom. The summed E-state index contributed by atoms with van der Waals surface area (Å²) in [5, 5.41) is 5.37. The Kier molecular flexibility index (Phi) is 7.89. The average molecular weight is 478 g/mol. The number of amides is 2. The van der Waals surface area contributed by atoms with Crippen molar-refractivity contribution in [3.05, 3.63) is 84.4 Å². The Hall–Kier alpha value is -3.98. The highest BCUT2D eigenvalue weighted by atomic mass is 19.1. The first-order chi connectivity index (χ1) is 17.0. The van der Waals surface area contributed by atoms with Crippen molar-refractivity contribution in [2.45, 2.75) is 6.04 Å². The molecule has 0 aliphatic carbocycles. The Labute approximate surface area is 203 Å². The summed E-state index contributed by atoms with van der Waals surface area (Å²) in [4.78, 5) is 33.8. The van der Waals surface area contributed by atoms with Crippen molar-refractivity contribution in [2.75, 3.05) is 50.1 Å². The zero-order valence-electron chi connectivity index (χ0n) is 19.5. The number of piperazine rings is 1. The van der Waals surface area contributed by atoms with Crippen LogP contribution in [0.2, 0.25) is 0 Å². The maximum Gasteiger partial charge on any atom is 0.313 e. The van der Waals surface area contributed by atoms with Crippen LogP contribution in [0, 0.1) is 5.82 Å². The number of pyridine rings is 1. The first-order valence-corrected chi connectivity index (χ1v) is 11.4. The van der Waals surface area contributed by atoms with E-state index in [1.54, 1.807) is 48.8 Å². The number of hydrogen-bond acceptors (Lipinski definition) is 6. The molecule has 1 fully saturated rings. The van der Waals surface area contributed by atoms with E-state index in [2.05, 4.69) is 25.4 Å². The van der Waals surface area contributed by atoms with E-state index in [1.165, 1.54) is 19.2 Å². The van der Waals surface area contributed by atoms with E-state index < -0.39 is 11.8 Å². The van der Waals surface area contributed by atoms with Crippen LogP contribution in [-0.4, -0.2) is 61.5 Å². The number of ether oxygens (including phenoxy) is 1. The molecule has 9 heteroatoms. The molecule has 1 atom stereocenters. The van der Waals surface area contributed by atoms with Crippen LogP contribution in [0.3, 0.4) is 0 Å². The van der Waals surface area contributed by atoms with Gasteiger partial charge in [-0.25, -0.2) is 4.39 Å². The van der Waals surface area contributed by atoms with Gasteiger partial charge in [-0.15, -0.1) is 0 Å². The van der Waals surface area contributed by atoms with E-state index >= 15 is 0 Å². The molecule has 2 aromatic carbocycles. The second kappa shape index (κ2) is 11.4. The molecule has 1 aliphatic heterocycles. The molecule has 8 nitrogen and oxygen atoms in total. The van der Waals surface area contributed by atoms with Crippen LogP contribution in [0.25, 0.3) is 0 Å². The topological polar surface area (TPSA) is 86.8 Å². The molecule has 2 N–H and O–H groups in total. The zero-order valence-corrected chi connectivity index (χ0v) is 19.5. The van der Waals surface area contributed by atoms with Gasteiger partial charge in [0.1, 0.15) is 11.6 Å². The van der Waals surface area contributed by atoms with E-state index in [0.29, 0.717) is 11.4 Å². The number of carbonyl (C=O) groups is 2. The molecule has 35 heavy (non-hydrogen) atoms. The molecule has 1 unspecified atom stereocenters. The number of rotatable bonds is 7. The molecule has 0 bridgehead atoms. The van der Waals surface area contributed by atoms with Crippen molar-refractivity contribution >= 4 is 23.2 Å². The Morgan fingerprint density at radius 1 is 1.00 bits per heavy atom. The van der Waals surface area contributed by atoms with Gasteiger partial charge in [-0.05, 0) is 48.0 Å². The summed E-state index contributed by atoms with van der Waals surface area (Å²) in [6.45, 7) is 3.23. The van der Waals surface area contributed by atoms with Crippen molar-refractivity contribution in [2.24, 2.45) is 0 Å². The average Bonchev–Trinajstić information content (AvgIpc) is 2.90. The largest absolute Gasteiger partial charge is 0.495 e. The van der Waals surface area contributed by atoms with Gasteiger partial charge in [0.15, 0.2) is 0 Å². The number of benzene rings is 2. The van der Waals surface area contributed by atoms with Gasteiger partial charge >= 0.3 is 11.8 Å². The molecule has 2 amide bonds. The molecular formula is C26H28FN5O3. The Bertz CT molecular complexity index is 1140. The second-order valence-corrected chi connectivity index (χ2v) is 8.17. The number of aromatic nitrogens is 1. The van der Waals surface area contributed by atoms with Gasteiger partial charge in [0.2, 0.25) is 0 Å². The Morgan fingerprint density at radius 2 is 1.74 bits per heavy atom. The lowest BCUT2D eigenvalue weighted by Gasteiger charge is -2.40. The van der Waals surface area contributed by atoms with Crippen LogP contribution in [0.15, 0.2) is 73.1 Å². The van der Waals surface area contributed by atoms with Crippen molar-refractivity contribution in [3.8, 4) is 5.75 Å². The fourth-order valence-corrected chi connectivity index (χ4v) is 4.17. The molecule has 182 valence electrons. The van der Waals surface area contributed by atoms with Gasteiger partial charge in [-0.3, -0.25) is 19.5 Å². The van der Waals surface area contributed by atoms with E-state index in [-0.39, 0.29) is 18.4 Å². The fourth-order valence-electron chi connectivity index (χ4n) is 4.17. The van der Waals surface area contributed by atoms with Crippen LogP contribution in [0.4, 0.5) is 15.8 Å². The van der Waals surface area contributed by atoms with Crippen molar-refractivity contribution in [3.63, 3.8) is 0 Å². The van der Waals surface area contributed by atoms with Gasteiger partial charge in [-0.2, -0.15) is 0 Å². The normalized spacial score (nSPS) is 14.7. The number of nitrogens with one attached hydrogen (secondary N) is 2. The number of methoxy groups -OCH3 is 1. The van der Waals surface area contributed by atoms with Crippen LogP contribution in [0.1, 0.15) is 11.6 Å². The SMILES string of the molecule is COc1ccccc1NC(=O)C(=O)NCC(c1cccnc1)N1CCN(c2ccc(F)cc2)CC1. The molecule has 0 radical (unpaired) electrons. The minimum Gasteiger partial charge on any atom is -0.495 e. The molecule has 2 heterocycles. The van der Waals surface area contributed by atoms with Crippen LogP contribution in [-0.2, 0) is 9.59 Å². The lowest BCUT2D eigenvalue weighted by molar-refractivity contribution is -0.136. The molecule has 1 aliphatic rings. The smallest absolute Gasteiger partial charge is 0.313 e. The number of anilines is 2. The third-order valence-electron chi connectivity index (χ3n) is 6.03. The summed E-state index contributed by atoms with van der Waals surface area (Å²) in [5.41, 5.74) is 2.36. The predicted molar refractivity (Wildman–Crippen MR) is 132 cm³/mol. The number of nitrogens with zero attached hydrogens (tertiary/aromatic N) is 3. The molecular weight excluding hydrogens is 449 g/mol. The summed E-state index contributed by atoms with van der Waals surface area (Å²) < 4.78 is 18.5. The summed E-state index contributed by atoms with van der Waals surface area (Å²) >= 11 is 0. The molecule has 3 aromatic rings. The summed E-state index contributed by atoms with van der Waals surface area (Å²) in [6.07, 6.45) is 3.48. The first-order valence-electron chi connectivity index (χ1n) is 11.4. The number of hydrogen-bond donors (Lipinski definition) is 2. The van der Waals surface area contributed by atoms with E-state index in [4.69, 9.17) is 4.74 Å². The summed E-state index contributed by atoms with van der Waals surface area (Å²) in [7, 11) is 1.50. The van der Waals surface area contributed by atoms with Crippen molar-refractivity contribution < 1.29 is 18.7 Å². The zero-order chi connectivity index (χ0) is 24.6. The third kappa shape index (κ3) is 6.13. The van der Waals surface area contributed by atoms with Gasteiger partial charge in [0.25, 0.3) is 0 Å². The molecule has 1 aromatic heterocycles. The maximum absolute atomic E-state index is 13.3. The van der Waals surface area contributed by atoms with Crippen molar-refractivity contribution in [1.29, 1.82) is 0 Å². The molecule has 1 saturated heterocycles. The summed E-state index contributed by atoms with van der Waals surface area (Å²) in [6, 6.07) is 17.1. The minimum absolute atomic E-state index is 0.151. The number of para-hydroxylation sites is 2. The predicted octanol–water partition coefficient (Wildman–Crippen LogP) is 2.85. The number of carbonyl (C=O) groups excluding carboxylic acids is 2. The van der Waals surface area contributed by atoms with Gasteiger partial charge in [-0.1, -0.05) is 18.2 Å². The molecule has 0 spiro atoms. The third-order valence-corrected chi connectivity index (χ3v) is 6.03. The van der Waals surface area contributed by atoms with Crippen LogP contribution in [0.5, 0.6) is 5.75 Å². The fraction of sp³-hybridized carbons (Fsp3) is 0.269. The lowest BCUT2D eigenvalue weighted by Crippen LogP contribution is -2.50.